The number of carboxylic acids is 1. The molecular formula is C13H13F4NO3. The normalized spacial score (nSPS) is 13.8. The van der Waals surface area contributed by atoms with Gasteiger partial charge in [0.25, 0.3) is 0 Å². The lowest BCUT2D eigenvalue weighted by Crippen LogP contribution is -2.43. The molecule has 1 amide bonds. The molecule has 0 fully saturated rings. The highest BCUT2D eigenvalue weighted by atomic mass is 19.3. The molecule has 0 spiro atoms. The van der Waals surface area contributed by atoms with Crippen LogP contribution in [0.4, 0.5) is 17.6 Å². The van der Waals surface area contributed by atoms with Crippen LogP contribution < -0.4 is 5.32 Å². The number of hydrogen-bond acceptors (Lipinski definition) is 2. The quantitative estimate of drug-likeness (QED) is 0.793. The van der Waals surface area contributed by atoms with Crippen molar-refractivity contribution in [3.63, 3.8) is 0 Å². The first-order chi connectivity index (χ1) is 9.73. The zero-order chi connectivity index (χ0) is 16.2. The van der Waals surface area contributed by atoms with Crippen molar-refractivity contribution in [1.82, 2.24) is 5.32 Å². The second-order valence-corrected chi connectivity index (χ2v) is 4.38. The number of carbonyl (C=O) groups excluding carboxylic acids is 1. The van der Waals surface area contributed by atoms with Crippen molar-refractivity contribution in [2.75, 3.05) is 0 Å². The van der Waals surface area contributed by atoms with Gasteiger partial charge in [0.15, 0.2) is 0 Å². The van der Waals surface area contributed by atoms with Crippen LogP contribution in [-0.2, 0) is 9.59 Å². The maximum Gasteiger partial charge on any atom is 0.326 e. The number of rotatable bonds is 6. The van der Waals surface area contributed by atoms with Gasteiger partial charge in [0.05, 0.1) is 5.92 Å². The van der Waals surface area contributed by atoms with Crippen molar-refractivity contribution >= 4 is 11.9 Å². The van der Waals surface area contributed by atoms with Gasteiger partial charge in [-0.2, -0.15) is 0 Å². The second kappa shape index (κ2) is 7.05. The highest BCUT2D eigenvalue weighted by Gasteiger charge is 2.28. The van der Waals surface area contributed by atoms with Crippen LogP contribution >= 0.6 is 0 Å². The number of alkyl halides is 2. The van der Waals surface area contributed by atoms with Gasteiger partial charge < -0.3 is 10.4 Å². The van der Waals surface area contributed by atoms with Crippen molar-refractivity contribution in [2.24, 2.45) is 0 Å². The van der Waals surface area contributed by atoms with Crippen LogP contribution in [0.25, 0.3) is 0 Å². The van der Waals surface area contributed by atoms with Crippen molar-refractivity contribution in [2.45, 2.75) is 31.7 Å². The molecule has 0 heterocycles. The van der Waals surface area contributed by atoms with Crippen molar-refractivity contribution in [3.8, 4) is 0 Å². The average Bonchev–Trinajstić information content (AvgIpc) is 2.36. The highest BCUT2D eigenvalue weighted by molar-refractivity contribution is 5.87. The zero-order valence-corrected chi connectivity index (χ0v) is 10.9. The SMILES string of the molecule is CC(C(=O)NC(CC(F)F)C(=O)O)c1c(F)cccc1F. The minimum Gasteiger partial charge on any atom is -0.480 e. The van der Waals surface area contributed by atoms with Crippen molar-refractivity contribution in [3.05, 3.63) is 35.4 Å². The maximum absolute atomic E-state index is 13.5. The Kier molecular flexibility index (Phi) is 5.69. The van der Waals surface area contributed by atoms with E-state index in [0.717, 1.165) is 25.1 Å². The molecule has 0 aliphatic rings. The number of aliphatic carboxylic acids is 1. The summed E-state index contributed by atoms with van der Waals surface area (Å²) >= 11 is 0. The molecule has 1 rings (SSSR count). The Morgan fingerprint density at radius 1 is 1.24 bits per heavy atom. The Labute approximate surface area is 117 Å². The number of hydrogen-bond donors (Lipinski definition) is 2. The number of benzene rings is 1. The minimum absolute atomic E-state index is 0.545. The summed E-state index contributed by atoms with van der Waals surface area (Å²) in [6, 6.07) is 1.16. The molecular weight excluding hydrogens is 294 g/mol. The Balaban J connectivity index is 2.89. The van der Waals surface area contributed by atoms with Gasteiger partial charge in [-0.15, -0.1) is 0 Å². The minimum atomic E-state index is -2.94. The maximum atomic E-state index is 13.5. The zero-order valence-electron chi connectivity index (χ0n) is 10.9. The molecule has 2 atom stereocenters. The fourth-order valence-electron chi connectivity index (χ4n) is 1.75. The van der Waals surface area contributed by atoms with Gasteiger partial charge in [0.1, 0.15) is 17.7 Å². The molecule has 116 valence electrons. The standard InChI is InChI=1S/C13H13F4NO3/c1-6(11-7(14)3-2-4-8(11)15)12(19)18-9(13(20)21)5-10(16)17/h2-4,6,9-10H,5H2,1H3,(H,18,19)(H,20,21). The average molecular weight is 307 g/mol. The molecule has 0 radical (unpaired) electrons. The molecule has 0 saturated heterocycles. The van der Waals surface area contributed by atoms with Crippen LogP contribution in [0, 0.1) is 11.6 Å². The summed E-state index contributed by atoms with van der Waals surface area (Å²) < 4.78 is 51.4. The van der Waals surface area contributed by atoms with Crippen LogP contribution in [0.3, 0.4) is 0 Å². The first-order valence-electron chi connectivity index (χ1n) is 5.99. The second-order valence-electron chi connectivity index (χ2n) is 4.38. The third kappa shape index (κ3) is 4.44. The first-order valence-corrected chi connectivity index (χ1v) is 5.99. The van der Waals surface area contributed by atoms with Gasteiger partial charge in [-0.25, -0.2) is 22.4 Å². The van der Waals surface area contributed by atoms with E-state index in [1.807, 2.05) is 5.32 Å². The molecule has 0 aromatic heterocycles. The van der Waals surface area contributed by atoms with E-state index in [4.69, 9.17) is 5.11 Å². The fraction of sp³-hybridized carbons (Fsp3) is 0.385. The third-order valence-corrected chi connectivity index (χ3v) is 2.85. The van der Waals surface area contributed by atoms with Crippen molar-refractivity contribution in [1.29, 1.82) is 0 Å². The topological polar surface area (TPSA) is 66.4 Å². The molecule has 21 heavy (non-hydrogen) atoms. The number of carbonyl (C=O) groups is 2. The van der Waals surface area contributed by atoms with Gasteiger partial charge in [-0.1, -0.05) is 6.07 Å². The summed E-state index contributed by atoms with van der Waals surface area (Å²) in [6.45, 7) is 1.15. The Morgan fingerprint density at radius 2 is 1.76 bits per heavy atom. The van der Waals surface area contributed by atoms with E-state index < -0.39 is 53.9 Å². The van der Waals surface area contributed by atoms with Gasteiger partial charge in [-0.3, -0.25) is 4.79 Å². The number of carboxylic acid groups (broad SMARTS) is 1. The summed E-state index contributed by atoms with van der Waals surface area (Å²) in [4.78, 5) is 22.6. The largest absolute Gasteiger partial charge is 0.480 e. The molecule has 0 saturated carbocycles. The first kappa shape index (κ1) is 16.9. The number of amides is 1. The fourth-order valence-corrected chi connectivity index (χ4v) is 1.75. The summed E-state index contributed by atoms with van der Waals surface area (Å²) in [5, 5.41) is 10.6. The van der Waals surface area contributed by atoms with E-state index in [1.165, 1.54) is 0 Å². The van der Waals surface area contributed by atoms with Crippen molar-refractivity contribution < 1.29 is 32.3 Å². The highest BCUT2D eigenvalue weighted by Crippen LogP contribution is 2.22. The Bertz CT molecular complexity index is 516. The van der Waals surface area contributed by atoms with Gasteiger partial charge in [-0.05, 0) is 19.1 Å². The lowest BCUT2D eigenvalue weighted by molar-refractivity contribution is -0.143. The molecule has 2 unspecified atom stereocenters. The molecule has 0 aliphatic heterocycles. The summed E-state index contributed by atoms with van der Waals surface area (Å²) in [7, 11) is 0. The van der Waals surface area contributed by atoms with E-state index in [9.17, 15) is 27.2 Å². The van der Waals surface area contributed by atoms with E-state index in [1.54, 1.807) is 0 Å². The van der Waals surface area contributed by atoms with Crippen LogP contribution in [0.15, 0.2) is 18.2 Å². The Hall–Kier alpha value is -2.12. The van der Waals surface area contributed by atoms with Gasteiger partial charge >= 0.3 is 5.97 Å². The monoisotopic (exact) mass is 307 g/mol. The van der Waals surface area contributed by atoms with Gasteiger partial charge in [0, 0.05) is 12.0 Å². The van der Waals surface area contributed by atoms with Crippen LogP contribution in [-0.4, -0.2) is 29.5 Å². The lowest BCUT2D eigenvalue weighted by atomic mass is 9.98. The summed E-state index contributed by atoms with van der Waals surface area (Å²) in [6.07, 6.45) is -4.03. The van der Waals surface area contributed by atoms with Crippen LogP contribution in [0.5, 0.6) is 0 Å². The smallest absolute Gasteiger partial charge is 0.326 e. The molecule has 4 nitrogen and oxygen atoms in total. The molecule has 8 heteroatoms. The van der Waals surface area contributed by atoms with E-state index >= 15 is 0 Å². The van der Waals surface area contributed by atoms with Gasteiger partial charge in [0.2, 0.25) is 12.3 Å². The summed E-state index contributed by atoms with van der Waals surface area (Å²) in [5.41, 5.74) is -0.545. The number of halogens is 4. The molecule has 0 aliphatic carbocycles. The summed E-state index contributed by atoms with van der Waals surface area (Å²) in [5.74, 6) is -6.00. The van der Waals surface area contributed by atoms with E-state index in [-0.39, 0.29) is 0 Å². The molecule has 0 bridgehead atoms. The number of nitrogens with one attached hydrogen (secondary N) is 1. The Morgan fingerprint density at radius 3 is 2.19 bits per heavy atom. The predicted octanol–water partition coefficient (Wildman–Crippen LogP) is 2.29. The lowest BCUT2D eigenvalue weighted by Gasteiger charge is -2.18. The van der Waals surface area contributed by atoms with Crippen LogP contribution in [0.1, 0.15) is 24.8 Å². The van der Waals surface area contributed by atoms with E-state index in [2.05, 4.69) is 0 Å². The molecule has 1 aromatic carbocycles. The molecule has 2 N–H and O–H groups in total. The van der Waals surface area contributed by atoms with E-state index in [0.29, 0.717) is 0 Å². The third-order valence-electron chi connectivity index (χ3n) is 2.85. The van der Waals surface area contributed by atoms with Crippen LogP contribution in [0.2, 0.25) is 0 Å². The predicted molar refractivity (Wildman–Crippen MR) is 65.0 cm³/mol. The molecule has 1 aromatic rings.